The van der Waals surface area contributed by atoms with E-state index in [9.17, 15) is 13.2 Å². The Labute approximate surface area is 224 Å². The number of nitrogens with one attached hydrogen (secondary N) is 4. The fourth-order valence-corrected chi connectivity index (χ4v) is 5.59. The summed E-state index contributed by atoms with van der Waals surface area (Å²) in [4.78, 5) is 21.6. The number of fused-ring (bicyclic) bond motifs is 1. The Morgan fingerprint density at radius 1 is 0.921 bits per heavy atom. The van der Waals surface area contributed by atoms with Crippen LogP contribution in [0.5, 0.6) is 0 Å². The number of carbonyl (C=O) groups is 1. The highest BCUT2D eigenvalue weighted by molar-refractivity contribution is 7.89. The van der Waals surface area contributed by atoms with E-state index < -0.39 is 21.7 Å². The summed E-state index contributed by atoms with van der Waals surface area (Å²) in [5.41, 5.74) is 5.53. The number of sulfonamides is 1. The molecule has 204 valence electrons. The average Bonchev–Trinajstić information content (AvgIpc) is 2.89. The van der Waals surface area contributed by atoms with Crippen molar-refractivity contribution in [1.82, 2.24) is 20.1 Å². The lowest BCUT2D eigenvalue weighted by Crippen LogP contribution is -2.36. The summed E-state index contributed by atoms with van der Waals surface area (Å²) < 4.78 is 33.0. The minimum atomic E-state index is -3.48. The fraction of sp³-hybridized carbons (Fsp3) is 0.444. The van der Waals surface area contributed by atoms with Crippen LogP contribution >= 0.6 is 0 Å². The number of anilines is 2. The number of aromatic nitrogens is 2. The Balaban J connectivity index is 1.29. The van der Waals surface area contributed by atoms with E-state index in [-0.39, 0.29) is 0 Å². The number of amides is 1. The summed E-state index contributed by atoms with van der Waals surface area (Å²) in [6.07, 6.45) is 3.29. The first kappa shape index (κ1) is 27.6. The molecule has 4 N–H and O–H groups in total. The lowest BCUT2D eigenvalue weighted by atomic mass is 9.82. The van der Waals surface area contributed by atoms with E-state index in [1.54, 1.807) is 51.1 Å². The molecule has 1 amide bonds. The molecule has 1 heterocycles. The number of ether oxygens (including phenoxy) is 1. The Morgan fingerprint density at radius 2 is 1.55 bits per heavy atom. The number of hydrogen-bond acceptors (Lipinski definition) is 8. The summed E-state index contributed by atoms with van der Waals surface area (Å²) >= 11 is 0. The normalized spacial score (nSPS) is 18.1. The molecule has 0 aliphatic heterocycles. The molecule has 0 spiro atoms. The second-order valence-corrected chi connectivity index (χ2v) is 12.4. The van der Waals surface area contributed by atoms with Gasteiger partial charge in [-0.3, -0.25) is 5.43 Å². The van der Waals surface area contributed by atoms with Gasteiger partial charge in [-0.25, -0.2) is 28.3 Å². The quantitative estimate of drug-likeness (QED) is 0.288. The van der Waals surface area contributed by atoms with Crippen LogP contribution in [0.25, 0.3) is 10.9 Å². The van der Waals surface area contributed by atoms with E-state index >= 15 is 0 Å². The molecule has 4 rings (SSSR count). The predicted octanol–water partition coefficient (Wildman–Crippen LogP) is 4.68. The number of nitrogens with zero attached hydrogens (tertiary/aromatic N) is 2. The van der Waals surface area contributed by atoms with Gasteiger partial charge in [0.15, 0.2) is 5.82 Å². The van der Waals surface area contributed by atoms with Gasteiger partial charge in [-0.05, 0) is 82.6 Å². The molecule has 1 aliphatic carbocycles. The highest BCUT2D eigenvalue weighted by atomic mass is 32.2. The van der Waals surface area contributed by atoms with Gasteiger partial charge in [0.25, 0.3) is 0 Å². The molecule has 11 heteroatoms. The summed E-state index contributed by atoms with van der Waals surface area (Å²) in [7, 11) is -3.48. The Morgan fingerprint density at radius 3 is 2.24 bits per heavy atom. The van der Waals surface area contributed by atoms with Crippen molar-refractivity contribution in [1.29, 1.82) is 0 Å². The third-order valence-corrected chi connectivity index (χ3v) is 7.86. The number of benzene rings is 2. The van der Waals surface area contributed by atoms with Crippen LogP contribution in [-0.2, 0) is 14.8 Å². The van der Waals surface area contributed by atoms with Crippen LogP contribution in [0.4, 0.5) is 16.6 Å². The molecule has 38 heavy (non-hydrogen) atoms. The van der Waals surface area contributed by atoms with Crippen LogP contribution in [-0.4, -0.2) is 43.2 Å². The van der Waals surface area contributed by atoms with E-state index in [0.29, 0.717) is 41.6 Å². The second kappa shape index (κ2) is 12.0. The van der Waals surface area contributed by atoms with Gasteiger partial charge in [-0.2, -0.15) is 4.98 Å². The summed E-state index contributed by atoms with van der Waals surface area (Å²) in [5, 5.41) is 4.12. The molecule has 0 saturated heterocycles. The average molecular weight is 541 g/mol. The fourth-order valence-electron chi connectivity index (χ4n) is 4.45. The van der Waals surface area contributed by atoms with Crippen molar-refractivity contribution in [3.8, 4) is 0 Å². The van der Waals surface area contributed by atoms with Crippen molar-refractivity contribution in [2.45, 2.75) is 57.0 Å². The maximum absolute atomic E-state index is 12.5. The van der Waals surface area contributed by atoms with Crippen LogP contribution in [0.15, 0.2) is 59.5 Å². The van der Waals surface area contributed by atoms with E-state index in [1.165, 1.54) is 0 Å². The molecule has 2 aromatic carbocycles. The first-order chi connectivity index (χ1) is 18.1. The molecule has 0 bridgehead atoms. The molecule has 1 aliphatic rings. The van der Waals surface area contributed by atoms with Crippen molar-refractivity contribution in [2.24, 2.45) is 11.8 Å². The Kier molecular flexibility index (Phi) is 8.68. The SMILES string of the molecule is CC(C)(C)OC(=O)NNc1nc(NCC2CCC(CNS(=O)(=O)c3ccccc3)CC2)nc2ccccc12. The van der Waals surface area contributed by atoms with Crippen molar-refractivity contribution < 1.29 is 17.9 Å². The molecule has 0 unspecified atom stereocenters. The third kappa shape index (κ3) is 7.78. The number of rotatable bonds is 9. The molecule has 0 radical (unpaired) electrons. The van der Waals surface area contributed by atoms with Gasteiger partial charge >= 0.3 is 6.09 Å². The molecule has 1 fully saturated rings. The topological polar surface area (TPSA) is 134 Å². The van der Waals surface area contributed by atoms with Gasteiger partial charge in [0.05, 0.1) is 10.4 Å². The summed E-state index contributed by atoms with van der Waals surface area (Å²) in [6.45, 7) is 6.55. The minimum absolute atomic E-state index is 0.295. The van der Waals surface area contributed by atoms with Gasteiger partial charge < -0.3 is 10.1 Å². The highest BCUT2D eigenvalue weighted by Gasteiger charge is 2.24. The number of hydrogen-bond donors (Lipinski definition) is 4. The minimum Gasteiger partial charge on any atom is -0.443 e. The van der Waals surface area contributed by atoms with E-state index in [2.05, 4.69) is 30.9 Å². The van der Waals surface area contributed by atoms with Gasteiger partial charge in [0.1, 0.15) is 5.60 Å². The molecular formula is C27H36N6O4S. The number of para-hydroxylation sites is 1. The maximum atomic E-state index is 12.5. The molecule has 1 saturated carbocycles. The zero-order chi connectivity index (χ0) is 27.2. The molecule has 3 aromatic rings. The lowest BCUT2D eigenvalue weighted by molar-refractivity contribution is 0.0541. The predicted molar refractivity (Wildman–Crippen MR) is 148 cm³/mol. The van der Waals surface area contributed by atoms with Crippen molar-refractivity contribution >= 4 is 38.8 Å². The number of hydrazine groups is 1. The van der Waals surface area contributed by atoms with E-state index in [4.69, 9.17) is 4.74 Å². The van der Waals surface area contributed by atoms with Crippen LogP contribution < -0.4 is 20.9 Å². The smallest absolute Gasteiger partial charge is 0.426 e. The van der Waals surface area contributed by atoms with Gasteiger partial charge in [-0.1, -0.05) is 30.3 Å². The van der Waals surface area contributed by atoms with Crippen LogP contribution in [0, 0.1) is 11.8 Å². The van der Waals surface area contributed by atoms with Crippen LogP contribution in [0.3, 0.4) is 0 Å². The van der Waals surface area contributed by atoms with Crippen molar-refractivity contribution in [3.05, 3.63) is 54.6 Å². The van der Waals surface area contributed by atoms with E-state index in [0.717, 1.165) is 36.6 Å². The summed E-state index contributed by atoms with van der Waals surface area (Å²) in [6, 6.07) is 16.0. The Bertz CT molecular complexity index is 1340. The number of carbonyl (C=O) groups excluding carboxylic acids is 1. The van der Waals surface area contributed by atoms with Crippen molar-refractivity contribution in [3.63, 3.8) is 0 Å². The zero-order valence-electron chi connectivity index (χ0n) is 22.0. The largest absolute Gasteiger partial charge is 0.443 e. The molecular weight excluding hydrogens is 504 g/mol. The standard InChI is InChI=1S/C27H36N6O4S/c1-27(2,3)37-26(34)33-32-24-22-11-7-8-12-23(22)30-25(31-24)28-17-19-13-15-20(16-14-19)18-29-38(35,36)21-9-5-4-6-10-21/h4-12,19-20,29H,13-18H2,1-3H3,(H,33,34)(H2,28,30,31,32). The zero-order valence-corrected chi connectivity index (χ0v) is 22.8. The second-order valence-electron chi connectivity index (χ2n) is 10.6. The first-order valence-electron chi connectivity index (χ1n) is 12.9. The Hall–Kier alpha value is -3.44. The van der Waals surface area contributed by atoms with E-state index in [1.807, 2.05) is 24.3 Å². The van der Waals surface area contributed by atoms with Gasteiger partial charge in [-0.15, -0.1) is 0 Å². The molecule has 0 atom stereocenters. The molecule has 1 aromatic heterocycles. The van der Waals surface area contributed by atoms with Gasteiger partial charge in [0, 0.05) is 18.5 Å². The summed E-state index contributed by atoms with van der Waals surface area (Å²) in [5.74, 6) is 1.69. The monoisotopic (exact) mass is 540 g/mol. The highest BCUT2D eigenvalue weighted by Crippen LogP contribution is 2.29. The van der Waals surface area contributed by atoms with Gasteiger partial charge in [0.2, 0.25) is 16.0 Å². The molecule has 10 nitrogen and oxygen atoms in total. The lowest BCUT2D eigenvalue weighted by Gasteiger charge is -2.28. The van der Waals surface area contributed by atoms with Crippen LogP contribution in [0.1, 0.15) is 46.5 Å². The third-order valence-electron chi connectivity index (χ3n) is 6.42. The first-order valence-corrected chi connectivity index (χ1v) is 14.4. The van der Waals surface area contributed by atoms with Crippen molar-refractivity contribution in [2.75, 3.05) is 23.8 Å². The maximum Gasteiger partial charge on any atom is 0.426 e. The van der Waals surface area contributed by atoms with Crippen LogP contribution in [0.2, 0.25) is 0 Å².